The van der Waals surface area contributed by atoms with Gasteiger partial charge in [0.25, 0.3) is 0 Å². The average Bonchev–Trinajstić information content (AvgIpc) is 1.96. The van der Waals surface area contributed by atoms with Gasteiger partial charge in [-0.25, -0.2) is 0 Å². The Labute approximate surface area is 182 Å². The van der Waals surface area contributed by atoms with Crippen LogP contribution in [0.4, 0.5) is 0 Å². The van der Waals surface area contributed by atoms with Gasteiger partial charge in [-0.3, -0.25) is 0 Å². The Hall–Kier alpha value is 1.96. The fourth-order valence-electron chi connectivity index (χ4n) is 0.357. The van der Waals surface area contributed by atoms with E-state index in [0.717, 1.165) is 0 Å². The molecule has 0 unspecified atom stereocenters. The molecule has 2 radical (unpaired) electrons. The van der Waals surface area contributed by atoms with Crippen LogP contribution in [-0.4, -0.2) is 55.6 Å². The second-order valence-electron chi connectivity index (χ2n) is 2.92. The molecule has 0 aliphatic heterocycles. The molecule has 28 heavy (non-hydrogen) atoms. The van der Waals surface area contributed by atoms with Crippen molar-refractivity contribution in [3.05, 3.63) is 0 Å². The summed E-state index contributed by atoms with van der Waals surface area (Å²) in [4.78, 5) is 46.1. The van der Waals surface area contributed by atoms with Crippen molar-refractivity contribution in [1.29, 1.82) is 0 Å². The molecule has 0 saturated heterocycles. The fraction of sp³-hybridized carbons (Fsp3) is 0. The number of phosphoric acid groups is 3. The van der Waals surface area contributed by atoms with Crippen LogP contribution in [0.5, 0.6) is 0 Å². The normalized spacial score (nSPS) is 13.2. The van der Waals surface area contributed by atoms with E-state index in [2.05, 4.69) is 9.53 Å². The molecule has 0 amide bonds. The van der Waals surface area contributed by atoms with Crippen LogP contribution < -0.4 is 11.3 Å². The summed E-state index contributed by atoms with van der Waals surface area (Å²) in [6.45, 7) is 0. The molecule has 21 nitrogen and oxygen atoms in total. The second kappa shape index (κ2) is 13.5. The van der Waals surface area contributed by atoms with E-state index in [0.29, 0.717) is 0 Å². The summed E-state index contributed by atoms with van der Waals surface area (Å²) in [5.41, 5.74) is 0. The van der Waals surface area contributed by atoms with E-state index in [-0.39, 0.29) is 26.2 Å². The predicted octanol–water partition coefficient (Wildman–Crippen LogP) is -5.99. The van der Waals surface area contributed by atoms with Gasteiger partial charge in [0.2, 0.25) is 0 Å². The first-order valence-electron chi connectivity index (χ1n) is 4.30. The largest absolute Gasteiger partial charge is 3.00 e. The Morgan fingerprint density at radius 1 is 0.500 bits per heavy atom. The maximum Gasteiger partial charge on any atom is 3.00 e. The Bertz CT molecular complexity index is 776. The third-order valence-electron chi connectivity index (χ3n) is 0.565. The molecule has 0 aromatic heterocycles. The van der Waals surface area contributed by atoms with Crippen LogP contribution in [0.25, 0.3) is 0 Å². The van der Waals surface area contributed by atoms with Crippen molar-refractivity contribution in [2.24, 2.45) is 0 Å². The molecule has 0 aromatic rings. The fourth-order valence-corrected chi connectivity index (χ4v) is 6.33. The van der Waals surface area contributed by atoms with Gasteiger partial charge in [-0.15, -0.1) is 0 Å². The topological polar surface area (TPSA) is 372 Å². The van der Waals surface area contributed by atoms with Gasteiger partial charge in [0.15, 0.2) is 0 Å². The molecule has 0 saturated carbocycles. The molecule has 0 heterocycles. The summed E-state index contributed by atoms with van der Waals surface area (Å²) in [6.07, 6.45) is 0. The van der Waals surface area contributed by atoms with E-state index >= 15 is 0 Å². The zero-order valence-electron chi connectivity index (χ0n) is 11.8. The summed E-state index contributed by atoms with van der Waals surface area (Å²) < 4.78 is 122. The molecule has 0 rings (SSSR count). The van der Waals surface area contributed by atoms with Crippen LogP contribution in [0.2, 0.25) is 0 Å². The van der Waals surface area contributed by atoms with Crippen molar-refractivity contribution in [2.75, 3.05) is 0 Å². The van der Waals surface area contributed by atoms with E-state index in [1.165, 1.54) is 0 Å². The van der Waals surface area contributed by atoms with Gasteiger partial charge >= 0.3 is 184 Å². The van der Waals surface area contributed by atoms with Crippen LogP contribution in [0, 0.1) is 0 Å². The SMILES string of the molecule is O=P(O)(O)[O][Mo](=[O])(=[O])[O-].O=P(O)(O)[O][Mo](=[O])(=[O])[O-].O=P(O)(O)[O][Mo](=[O])(=[O])[O-].[Bi+3]. The van der Waals surface area contributed by atoms with Crippen molar-refractivity contribution < 1.29 is 134 Å². The van der Waals surface area contributed by atoms with Gasteiger partial charge < -0.3 is 0 Å². The van der Waals surface area contributed by atoms with Crippen molar-refractivity contribution in [1.82, 2.24) is 0 Å². The van der Waals surface area contributed by atoms with E-state index in [9.17, 15) is 45.4 Å². The first kappa shape index (κ1) is 37.3. The molecule has 0 aliphatic rings. The van der Waals surface area contributed by atoms with Gasteiger partial charge in [-0.1, -0.05) is 0 Å². The second-order valence-corrected chi connectivity index (χ2v) is 15.6. The number of rotatable bonds is 6. The molecule has 0 fully saturated rings. The van der Waals surface area contributed by atoms with E-state index in [4.69, 9.17) is 29.4 Å². The van der Waals surface area contributed by atoms with Crippen LogP contribution in [0.15, 0.2) is 0 Å². The minimum absolute atomic E-state index is 0. The van der Waals surface area contributed by atoms with Gasteiger partial charge in [0, 0.05) is 0 Å². The minimum atomic E-state index is -6.28. The summed E-state index contributed by atoms with van der Waals surface area (Å²) in [6, 6.07) is 0. The summed E-state index contributed by atoms with van der Waals surface area (Å²) in [5, 5.41) is 0. The maximum absolute atomic E-state index is 9.57. The Kier molecular flexibility index (Phi) is 18.0. The van der Waals surface area contributed by atoms with Crippen LogP contribution in [0.3, 0.4) is 0 Å². The Balaban J connectivity index is -0.000000152. The standard InChI is InChI=1S/Bi.3Mo.3H3O4P.9O/c;;;;3*1-5(2,3)4;;;;;;;;;/h;;;;3*(H3,1,2,3,4);;;;;;;;;/q+3;3*+1;;;;;;;;;;3*-1/p-3. The maximum atomic E-state index is 9.57. The van der Waals surface area contributed by atoms with Crippen molar-refractivity contribution in [3.63, 3.8) is 0 Å². The van der Waals surface area contributed by atoms with E-state index in [1.54, 1.807) is 0 Å². The monoisotopic (exact) mass is 938 g/mol. The first-order chi connectivity index (χ1) is 11.1. The molecule has 0 aromatic carbocycles. The average molecular weight is 932 g/mol. The number of hydrogen-bond acceptors (Lipinski definition) is 15. The third kappa shape index (κ3) is 51.0. The molecular weight excluding hydrogens is 926 g/mol. The van der Waals surface area contributed by atoms with Crippen LogP contribution in [-0.2, 0) is 93.9 Å². The molecular formula is H6BiMo3O21P3. The van der Waals surface area contributed by atoms with Gasteiger partial charge in [0.1, 0.15) is 0 Å². The van der Waals surface area contributed by atoms with Crippen LogP contribution >= 0.6 is 23.5 Å². The molecule has 28 heteroatoms. The van der Waals surface area contributed by atoms with E-state index in [1.807, 2.05) is 0 Å². The molecule has 6 N–H and O–H groups in total. The summed E-state index contributed by atoms with van der Waals surface area (Å²) >= 11 is -18.8. The first-order valence-corrected chi connectivity index (χ1v) is 18.7. The predicted molar refractivity (Wildman–Crippen MR) is 49.3 cm³/mol. The molecule has 0 atom stereocenters. The van der Waals surface area contributed by atoms with Crippen LogP contribution in [0.1, 0.15) is 0 Å². The summed E-state index contributed by atoms with van der Waals surface area (Å²) in [5.74, 6) is 0. The van der Waals surface area contributed by atoms with Crippen molar-refractivity contribution >= 4 is 49.7 Å². The zero-order valence-corrected chi connectivity index (χ0v) is 24.0. The van der Waals surface area contributed by atoms with E-state index < -0.39 is 73.7 Å². The Morgan fingerprint density at radius 2 is 0.607 bits per heavy atom. The molecule has 0 aliphatic carbocycles. The Morgan fingerprint density at radius 3 is 0.607 bits per heavy atom. The third-order valence-corrected chi connectivity index (χ3v) is 10.0. The molecule has 0 spiro atoms. The zero-order chi connectivity index (χ0) is 23.1. The minimum Gasteiger partial charge on any atom is 3.00 e. The summed E-state index contributed by atoms with van der Waals surface area (Å²) in [7, 11) is -15.4. The molecule has 170 valence electrons. The van der Waals surface area contributed by atoms with Crippen molar-refractivity contribution in [3.8, 4) is 0 Å². The quantitative estimate of drug-likeness (QED) is 0.107. The smallest absolute Gasteiger partial charge is 3.00 e. The van der Waals surface area contributed by atoms with Gasteiger partial charge in [-0.05, 0) is 0 Å². The number of hydrogen-bond donors (Lipinski definition) is 6. The van der Waals surface area contributed by atoms with Gasteiger partial charge in [-0.2, -0.15) is 0 Å². The van der Waals surface area contributed by atoms with Crippen molar-refractivity contribution in [2.45, 2.75) is 0 Å². The van der Waals surface area contributed by atoms with Gasteiger partial charge in [0.05, 0.1) is 0 Å². The molecule has 0 bridgehead atoms.